The molecule has 168 valence electrons. The van der Waals surface area contributed by atoms with Crippen molar-refractivity contribution in [3.8, 4) is 11.5 Å². The predicted molar refractivity (Wildman–Crippen MR) is 130 cm³/mol. The molecule has 0 spiro atoms. The summed E-state index contributed by atoms with van der Waals surface area (Å²) in [6, 6.07) is 19.9. The lowest BCUT2D eigenvalue weighted by Crippen LogP contribution is -2.32. The van der Waals surface area contributed by atoms with E-state index in [9.17, 15) is 9.59 Å². The lowest BCUT2D eigenvalue weighted by molar-refractivity contribution is -0.120. The van der Waals surface area contributed by atoms with E-state index in [1.54, 1.807) is 31.4 Å². The Bertz CT molecular complexity index is 1250. The number of hydrogen-bond acceptors (Lipinski definition) is 5. The van der Waals surface area contributed by atoms with Crippen molar-refractivity contribution in [2.45, 2.75) is 20.8 Å². The molecule has 0 saturated carbocycles. The zero-order valence-corrected chi connectivity index (χ0v) is 19.1. The molecular weight excluding hydrogens is 416 g/mol. The molecule has 0 radical (unpaired) electrons. The Morgan fingerprint density at radius 1 is 0.848 bits per heavy atom. The van der Waals surface area contributed by atoms with E-state index >= 15 is 0 Å². The highest BCUT2D eigenvalue weighted by atomic mass is 16.5. The largest absolute Gasteiger partial charge is 0.497 e. The van der Waals surface area contributed by atoms with Crippen molar-refractivity contribution in [3.63, 3.8) is 0 Å². The van der Waals surface area contributed by atoms with Crippen molar-refractivity contribution in [1.29, 1.82) is 0 Å². The molecule has 0 aliphatic carbocycles. The van der Waals surface area contributed by atoms with Crippen LogP contribution in [0, 0.1) is 13.8 Å². The van der Waals surface area contributed by atoms with Gasteiger partial charge in [0.25, 0.3) is 11.8 Å². The third kappa shape index (κ3) is 4.32. The van der Waals surface area contributed by atoms with Crippen LogP contribution in [0.1, 0.15) is 23.6 Å². The zero-order chi connectivity index (χ0) is 23.5. The van der Waals surface area contributed by atoms with Crippen molar-refractivity contribution in [2.75, 3.05) is 23.9 Å². The lowest BCUT2D eigenvalue weighted by atomic mass is 9.99. The summed E-state index contributed by atoms with van der Waals surface area (Å²) in [4.78, 5) is 28.3. The minimum Gasteiger partial charge on any atom is -0.497 e. The summed E-state index contributed by atoms with van der Waals surface area (Å²) < 4.78 is 10.8. The fraction of sp³-hybridized carbons (Fsp3) is 0.185. The van der Waals surface area contributed by atoms with E-state index in [4.69, 9.17) is 9.47 Å². The number of rotatable bonds is 7. The van der Waals surface area contributed by atoms with Gasteiger partial charge < -0.3 is 14.8 Å². The number of nitrogens with zero attached hydrogens (tertiary/aromatic N) is 1. The normalized spacial score (nSPS) is 13.5. The minimum atomic E-state index is -0.416. The first-order valence-corrected chi connectivity index (χ1v) is 10.8. The number of amides is 2. The number of methoxy groups -OCH3 is 1. The SMILES string of the molecule is CCOc1cccc(NC2=C(c3ccc(C)c(C)c3)C(=O)N(c3ccc(OC)cc3)C2=O)c1. The molecule has 1 aliphatic heterocycles. The Labute approximate surface area is 193 Å². The molecule has 4 rings (SSSR count). The second-order valence-corrected chi connectivity index (χ2v) is 7.78. The van der Waals surface area contributed by atoms with Gasteiger partial charge in [0.05, 0.1) is 25.0 Å². The Hall–Kier alpha value is -4.06. The van der Waals surface area contributed by atoms with Crippen LogP contribution in [0.25, 0.3) is 5.57 Å². The molecule has 3 aromatic carbocycles. The van der Waals surface area contributed by atoms with Crippen LogP contribution in [0.15, 0.2) is 72.4 Å². The first-order chi connectivity index (χ1) is 15.9. The van der Waals surface area contributed by atoms with Gasteiger partial charge in [-0.05, 0) is 73.9 Å². The second kappa shape index (κ2) is 9.20. The number of imide groups is 1. The van der Waals surface area contributed by atoms with E-state index in [0.717, 1.165) is 11.1 Å². The van der Waals surface area contributed by atoms with Gasteiger partial charge in [0.15, 0.2) is 0 Å². The first-order valence-electron chi connectivity index (χ1n) is 10.8. The highest BCUT2D eigenvalue weighted by molar-refractivity contribution is 6.46. The maximum Gasteiger partial charge on any atom is 0.282 e. The van der Waals surface area contributed by atoms with Crippen LogP contribution in [-0.4, -0.2) is 25.5 Å². The molecule has 3 aromatic rings. The lowest BCUT2D eigenvalue weighted by Gasteiger charge is -2.16. The molecule has 6 heteroatoms. The molecule has 1 heterocycles. The van der Waals surface area contributed by atoms with Gasteiger partial charge in [-0.2, -0.15) is 0 Å². The summed E-state index contributed by atoms with van der Waals surface area (Å²) >= 11 is 0. The molecule has 0 aromatic heterocycles. The van der Waals surface area contributed by atoms with Gasteiger partial charge in [-0.3, -0.25) is 9.59 Å². The Morgan fingerprint density at radius 3 is 2.27 bits per heavy atom. The standard InChI is InChI=1S/C27H26N2O4/c1-5-33-23-8-6-7-20(16-23)28-25-24(19-10-9-17(2)18(3)15-19)26(30)29(27(25)31)21-11-13-22(32-4)14-12-21/h6-16,28H,5H2,1-4H3. The summed E-state index contributed by atoms with van der Waals surface area (Å²) in [5, 5.41) is 3.19. The summed E-state index contributed by atoms with van der Waals surface area (Å²) in [6.07, 6.45) is 0. The van der Waals surface area contributed by atoms with Gasteiger partial charge in [-0.15, -0.1) is 0 Å². The quantitative estimate of drug-likeness (QED) is 0.515. The summed E-state index contributed by atoms with van der Waals surface area (Å²) in [7, 11) is 1.57. The number of benzene rings is 3. The van der Waals surface area contributed by atoms with Gasteiger partial charge >= 0.3 is 0 Å². The predicted octanol–water partition coefficient (Wildman–Crippen LogP) is 5.11. The number of carbonyl (C=O) groups is 2. The van der Waals surface area contributed by atoms with E-state index in [1.165, 1.54) is 4.90 Å². The first kappa shape index (κ1) is 22.1. The Morgan fingerprint density at radius 2 is 1.61 bits per heavy atom. The monoisotopic (exact) mass is 442 g/mol. The Balaban J connectivity index is 1.80. The van der Waals surface area contributed by atoms with Crippen LogP contribution in [0.4, 0.5) is 11.4 Å². The number of nitrogens with one attached hydrogen (secondary N) is 1. The molecule has 0 atom stereocenters. The van der Waals surface area contributed by atoms with E-state index in [0.29, 0.717) is 40.6 Å². The molecule has 1 aliphatic rings. The zero-order valence-electron chi connectivity index (χ0n) is 19.1. The second-order valence-electron chi connectivity index (χ2n) is 7.78. The maximum atomic E-state index is 13.6. The summed E-state index contributed by atoms with van der Waals surface area (Å²) in [5.74, 6) is 0.531. The molecule has 1 N–H and O–H groups in total. The van der Waals surface area contributed by atoms with Crippen molar-refractivity contribution in [2.24, 2.45) is 0 Å². The van der Waals surface area contributed by atoms with Crippen LogP contribution >= 0.6 is 0 Å². The summed E-state index contributed by atoms with van der Waals surface area (Å²) in [6.45, 7) is 6.44. The van der Waals surface area contributed by atoms with E-state index in [-0.39, 0.29) is 11.6 Å². The molecule has 0 unspecified atom stereocenters. The van der Waals surface area contributed by atoms with Crippen molar-refractivity contribution in [1.82, 2.24) is 0 Å². The van der Waals surface area contributed by atoms with Crippen molar-refractivity contribution < 1.29 is 19.1 Å². The van der Waals surface area contributed by atoms with E-state index < -0.39 is 5.91 Å². The third-order valence-corrected chi connectivity index (χ3v) is 5.62. The topological polar surface area (TPSA) is 67.9 Å². The summed E-state index contributed by atoms with van der Waals surface area (Å²) in [5.41, 5.74) is 4.55. The van der Waals surface area contributed by atoms with Crippen molar-refractivity contribution in [3.05, 3.63) is 89.1 Å². The molecular formula is C27H26N2O4. The van der Waals surface area contributed by atoms with E-state index in [1.807, 2.05) is 63.2 Å². The molecule has 0 fully saturated rings. The maximum absolute atomic E-state index is 13.6. The molecule has 2 amide bonds. The fourth-order valence-electron chi connectivity index (χ4n) is 3.75. The van der Waals surface area contributed by atoms with Gasteiger partial charge in [0.1, 0.15) is 17.2 Å². The smallest absolute Gasteiger partial charge is 0.282 e. The minimum absolute atomic E-state index is 0.229. The Kier molecular flexibility index (Phi) is 6.18. The average Bonchev–Trinajstić information content (AvgIpc) is 3.05. The molecule has 33 heavy (non-hydrogen) atoms. The number of anilines is 2. The number of ether oxygens (including phenoxy) is 2. The van der Waals surface area contributed by atoms with Crippen LogP contribution < -0.4 is 19.7 Å². The van der Waals surface area contributed by atoms with Gasteiger partial charge in [0, 0.05) is 11.8 Å². The van der Waals surface area contributed by atoms with Crippen LogP contribution in [0.3, 0.4) is 0 Å². The van der Waals surface area contributed by atoms with Crippen LogP contribution in [0.2, 0.25) is 0 Å². The van der Waals surface area contributed by atoms with Gasteiger partial charge in [-0.25, -0.2) is 4.90 Å². The molecule has 0 bridgehead atoms. The van der Waals surface area contributed by atoms with Crippen LogP contribution in [-0.2, 0) is 9.59 Å². The van der Waals surface area contributed by atoms with Gasteiger partial charge in [-0.1, -0.05) is 24.3 Å². The van der Waals surface area contributed by atoms with Crippen LogP contribution in [0.5, 0.6) is 11.5 Å². The number of hydrogen-bond donors (Lipinski definition) is 1. The van der Waals surface area contributed by atoms with Crippen molar-refractivity contribution >= 4 is 28.8 Å². The molecule has 0 saturated heterocycles. The van der Waals surface area contributed by atoms with E-state index in [2.05, 4.69) is 5.32 Å². The number of carbonyl (C=O) groups excluding carboxylic acids is 2. The fourth-order valence-corrected chi connectivity index (χ4v) is 3.75. The van der Waals surface area contributed by atoms with Gasteiger partial charge in [0.2, 0.25) is 0 Å². The number of aryl methyl sites for hydroxylation is 2. The average molecular weight is 443 g/mol. The third-order valence-electron chi connectivity index (χ3n) is 5.62. The highest BCUT2D eigenvalue weighted by Crippen LogP contribution is 2.35. The highest BCUT2D eigenvalue weighted by Gasteiger charge is 2.40. The molecule has 6 nitrogen and oxygen atoms in total.